The summed E-state index contributed by atoms with van der Waals surface area (Å²) in [4.78, 5) is 75.0. The zero-order chi connectivity index (χ0) is 28.0. The van der Waals surface area contributed by atoms with E-state index in [2.05, 4.69) is 15.6 Å². The van der Waals surface area contributed by atoms with Gasteiger partial charge in [0.05, 0.1) is 0 Å². The molecule has 38 heavy (non-hydrogen) atoms. The van der Waals surface area contributed by atoms with Crippen LogP contribution in [-0.2, 0) is 24.6 Å². The van der Waals surface area contributed by atoms with Crippen molar-refractivity contribution in [2.24, 2.45) is 0 Å². The number of benzene rings is 1. The number of alkyl halides is 2. The number of carbonyl (C=O) groups is 4. The maximum atomic E-state index is 14.1. The molecule has 12 nitrogen and oxygen atoms in total. The highest BCUT2D eigenvalue weighted by Crippen LogP contribution is 2.59. The maximum absolute atomic E-state index is 14.1. The van der Waals surface area contributed by atoms with E-state index in [0.29, 0.717) is 25.8 Å². The second-order valence-electron chi connectivity index (χ2n) is 9.46. The van der Waals surface area contributed by atoms with E-state index in [1.54, 1.807) is 0 Å². The lowest BCUT2D eigenvalue weighted by Gasteiger charge is -2.38. The monoisotopic (exact) mass is 555 g/mol. The van der Waals surface area contributed by atoms with E-state index in [0.717, 1.165) is 18.2 Å². The van der Waals surface area contributed by atoms with Gasteiger partial charge in [0.25, 0.3) is 5.91 Å². The normalized spacial score (nSPS) is 22.6. The van der Waals surface area contributed by atoms with Crippen LogP contribution in [0, 0.1) is 0 Å². The standard InChI is InChI=1S/C23H28F2N5O7P/c1-12(31)29-8-7-15-4-6-19(21(33)26-2)30(15)22(34)18(11-29)28-20(32)17-10-13-9-14(3-5-16(13)27-17)23(24,25)38(35,36)37/h3,5,9-10,15,18-19,27H,4,6-8,11H2,1-2H3,(H,26,33)(H,28,32)(H2,35,36,37)/t15-,18+,19+/m1/s1. The number of amides is 4. The predicted molar refractivity (Wildman–Crippen MR) is 130 cm³/mol. The van der Waals surface area contributed by atoms with E-state index >= 15 is 0 Å². The fraction of sp³-hybridized carbons (Fsp3) is 0.478. The first-order valence-electron chi connectivity index (χ1n) is 11.9. The minimum absolute atomic E-state index is 0.0921. The highest BCUT2D eigenvalue weighted by Gasteiger charge is 2.50. The number of likely N-dealkylation sites (N-methyl/N-ethyl adjacent to an activating group) is 1. The summed E-state index contributed by atoms with van der Waals surface area (Å²) in [6, 6.07) is 1.91. The Kier molecular flexibility index (Phi) is 7.34. The van der Waals surface area contributed by atoms with E-state index in [4.69, 9.17) is 9.79 Å². The third-order valence-electron chi connectivity index (χ3n) is 7.07. The summed E-state index contributed by atoms with van der Waals surface area (Å²) in [6.07, 6.45) is 1.50. The van der Waals surface area contributed by atoms with Crippen LogP contribution in [0.3, 0.4) is 0 Å². The van der Waals surface area contributed by atoms with Crippen LogP contribution < -0.4 is 10.6 Å². The number of rotatable bonds is 5. The van der Waals surface area contributed by atoms with E-state index in [1.807, 2.05) is 0 Å². The van der Waals surface area contributed by atoms with E-state index < -0.39 is 42.7 Å². The van der Waals surface area contributed by atoms with Gasteiger partial charge in [-0.15, -0.1) is 0 Å². The molecule has 2 aromatic rings. The highest BCUT2D eigenvalue weighted by atomic mass is 31.2. The SMILES string of the molecule is CNC(=O)[C@@H]1CC[C@@H]2CCN(C(C)=O)C[C@H](NC(=O)c3cc4cc(C(F)(F)P(=O)(O)O)ccc4[nH]3)C(=O)N21. The van der Waals surface area contributed by atoms with Crippen LogP contribution in [-0.4, -0.2) is 86.5 Å². The van der Waals surface area contributed by atoms with Gasteiger partial charge in [-0.3, -0.25) is 23.7 Å². The Balaban J connectivity index is 1.62. The van der Waals surface area contributed by atoms with Crippen molar-refractivity contribution in [3.63, 3.8) is 0 Å². The lowest BCUT2D eigenvalue weighted by molar-refractivity contribution is -0.144. The first-order chi connectivity index (χ1) is 17.7. The highest BCUT2D eigenvalue weighted by molar-refractivity contribution is 7.52. The Morgan fingerprint density at radius 1 is 1.16 bits per heavy atom. The number of nitrogens with zero attached hydrogens (tertiary/aromatic N) is 2. The fourth-order valence-electron chi connectivity index (χ4n) is 5.04. The summed E-state index contributed by atoms with van der Waals surface area (Å²) in [6.45, 7) is 1.56. The van der Waals surface area contributed by atoms with Crippen LogP contribution in [0.15, 0.2) is 24.3 Å². The van der Waals surface area contributed by atoms with E-state index in [9.17, 15) is 32.5 Å². The predicted octanol–water partition coefficient (Wildman–Crippen LogP) is 0.851. The molecule has 2 aliphatic rings. The van der Waals surface area contributed by atoms with Crippen molar-refractivity contribution >= 4 is 42.1 Å². The van der Waals surface area contributed by atoms with Gasteiger partial charge in [0, 0.05) is 49.6 Å². The molecule has 4 amide bonds. The second kappa shape index (κ2) is 10.1. The summed E-state index contributed by atoms with van der Waals surface area (Å²) in [7, 11) is -4.31. The molecule has 3 heterocycles. The molecule has 0 saturated carbocycles. The first kappa shape index (κ1) is 27.7. The van der Waals surface area contributed by atoms with Gasteiger partial charge < -0.3 is 35.2 Å². The van der Waals surface area contributed by atoms with Crippen LogP contribution in [0.5, 0.6) is 0 Å². The average Bonchev–Trinajstić information content (AvgIpc) is 3.46. The summed E-state index contributed by atoms with van der Waals surface area (Å²) in [5.41, 5.74) is -5.19. The fourth-order valence-corrected chi connectivity index (χ4v) is 5.51. The van der Waals surface area contributed by atoms with Crippen molar-refractivity contribution in [2.75, 3.05) is 20.1 Å². The van der Waals surface area contributed by atoms with Crippen LogP contribution in [0.2, 0.25) is 0 Å². The number of H-pyrrole nitrogens is 1. The van der Waals surface area contributed by atoms with Crippen LogP contribution in [0.4, 0.5) is 8.78 Å². The average molecular weight is 555 g/mol. The molecular weight excluding hydrogens is 527 g/mol. The van der Waals surface area contributed by atoms with Gasteiger partial charge in [0.15, 0.2) is 0 Å². The molecule has 0 aliphatic carbocycles. The molecule has 1 aromatic heterocycles. The Hall–Kier alpha value is -3.35. The third-order valence-corrected chi connectivity index (χ3v) is 8.06. The Labute approximate surface area is 215 Å². The van der Waals surface area contributed by atoms with Crippen molar-refractivity contribution in [1.29, 1.82) is 0 Å². The number of carbonyl (C=O) groups excluding carboxylic acids is 4. The minimum Gasteiger partial charge on any atom is -0.357 e. The molecule has 2 aliphatic heterocycles. The molecule has 0 bridgehead atoms. The molecule has 15 heteroatoms. The van der Waals surface area contributed by atoms with Gasteiger partial charge in [-0.2, -0.15) is 8.78 Å². The zero-order valence-corrected chi connectivity index (χ0v) is 21.5. The quantitative estimate of drug-likeness (QED) is 0.340. The number of aromatic nitrogens is 1. The van der Waals surface area contributed by atoms with Gasteiger partial charge in [0.1, 0.15) is 17.8 Å². The molecule has 0 spiro atoms. The van der Waals surface area contributed by atoms with Crippen molar-refractivity contribution < 1.29 is 42.3 Å². The second-order valence-corrected chi connectivity index (χ2v) is 11.1. The molecule has 0 unspecified atom stereocenters. The summed E-state index contributed by atoms with van der Waals surface area (Å²) in [5.74, 6) is -1.89. The minimum atomic E-state index is -5.78. The molecule has 2 saturated heterocycles. The number of fused-ring (bicyclic) bond motifs is 2. The molecule has 0 radical (unpaired) electrons. The van der Waals surface area contributed by atoms with Gasteiger partial charge in [0.2, 0.25) is 17.7 Å². The number of nitrogens with one attached hydrogen (secondary N) is 3. The Morgan fingerprint density at radius 3 is 2.50 bits per heavy atom. The van der Waals surface area contributed by atoms with Gasteiger partial charge in [-0.1, -0.05) is 6.07 Å². The topological polar surface area (TPSA) is 172 Å². The summed E-state index contributed by atoms with van der Waals surface area (Å²) < 4.78 is 39.5. The van der Waals surface area contributed by atoms with E-state index in [-0.39, 0.29) is 41.0 Å². The van der Waals surface area contributed by atoms with Crippen LogP contribution in [0.25, 0.3) is 10.9 Å². The van der Waals surface area contributed by atoms with Gasteiger partial charge >= 0.3 is 13.3 Å². The molecule has 206 valence electrons. The van der Waals surface area contributed by atoms with Crippen molar-refractivity contribution in [1.82, 2.24) is 25.4 Å². The van der Waals surface area contributed by atoms with Crippen molar-refractivity contribution in [3.05, 3.63) is 35.5 Å². The summed E-state index contributed by atoms with van der Waals surface area (Å²) >= 11 is 0. The lowest BCUT2D eigenvalue weighted by Crippen LogP contribution is -2.60. The van der Waals surface area contributed by atoms with Crippen LogP contribution >= 0.6 is 7.60 Å². The smallest absolute Gasteiger partial charge is 0.357 e. The number of halogens is 2. The lowest BCUT2D eigenvalue weighted by atomic mass is 10.1. The third kappa shape index (κ3) is 5.03. The largest absolute Gasteiger partial charge is 0.399 e. The number of hydrogen-bond acceptors (Lipinski definition) is 5. The first-order valence-corrected chi connectivity index (χ1v) is 13.5. The Bertz CT molecular complexity index is 1340. The van der Waals surface area contributed by atoms with Crippen molar-refractivity contribution in [3.8, 4) is 0 Å². The van der Waals surface area contributed by atoms with Gasteiger partial charge in [-0.05, 0) is 37.5 Å². The number of hydrogen-bond donors (Lipinski definition) is 5. The number of aromatic amines is 1. The summed E-state index contributed by atoms with van der Waals surface area (Å²) in [5, 5.41) is 5.24. The Morgan fingerprint density at radius 2 is 1.87 bits per heavy atom. The van der Waals surface area contributed by atoms with E-state index in [1.165, 1.54) is 29.8 Å². The zero-order valence-electron chi connectivity index (χ0n) is 20.6. The molecule has 5 N–H and O–H groups in total. The molecule has 3 atom stereocenters. The molecule has 4 rings (SSSR count). The van der Waals surface area contributed by atoms with Crippen LogP contribution in [0.1, 0.15) is 42.2 Å². The molecule has 2 fully saturated rings. The molecular formula is C23H28F2N5O7P. The van der Waals surface area contributed by atoms with Crippen molar-refractivity contribution in [2.45, 2.75) is 50.0 Å². The molecule has 1 aromatic carbocycles. The van der Waals surface area contributed by atoms with Gasteiger partial charge in [-0.25, -0.2) is 0 Å². The maximum Gasteiger partial charge on any atom is 0.399 e.